The van der Waals surface area contributed by atoms with Crippen molar-refractivity contribution in [2.75, 3.05) is 0 Å². The number of hydrogen-bond acceptors (Lipinski definition) is 0. The van der Waals surface area contributed by atoms with E-state index in [-0.39, 0.29) is 21.9 Å². The predicted molar refractivity (Wildman–Crippen MR) is 133 cm³/mol. The highest BCUT2D eigenvalue weighted by Gasteiger charge is 2.14. The van der Waals surface area contributed by atoms with Gasteiger partial charge in [-0.2, -0.15) is 0 Å². The first kappa shape index (κ1) is 25.4. The SMILES string of the molecule is CCCCCc1ccc(CCc2cc(F)c(C#Cc3ccc4c(F)c(F)c(F)cc4c3)c(F)c2)cc1. The lowest BCUT2D eigenvalue weighted by molar-refractivity contribution is 0.453. The van der Waals surface area contributed by atoms with Crippen LogP contribution in [-0.4, -0.2) is 0 Å². The maximum atomic E-state index is 14.7. The second-order valence-corrected chi connectivity index (χ2v) is 8.88. The van der Waals surface area contributed by atoms with Crippen LogP contribution in [0.5, 0.6) is 0 Å². The van der Waals surface area contributed by atoms with Crippen LogP contribution in [0.25, 0.3) is 10.8 Å². The molecule has 0 aliphatic heterocycles. The first-order valence-electron chi connectivity index (χ1n) is 12.0. The van der Waals surface area contributed by atoms with Crippen LogP contribution in [0.2, 0.25) is 0 Å². The molecule has 5 heteroatoms. The van der Waals surface area contributed by atoms with Gasteiger partial charge in [-0.25, -0.2) is 22.0 Å². The van der Waals surface area contributed by atoms with E-state index in [0.717, 1.165) is 18.1 Å². The molecule has 4 aromatic rings. The van der Waals surface area contributed by atoms with Crippen LogP contribution in [0.3, 0.4) is 0 Å². The molecule has 36 heavy (non-hydrogen) atoms. The van der Waals surface area contributed by atoms with Gasteiger partial charge in [0.25, 0.3) is 0 Å². The Morgan fingerprint density at radius 2 is 1.22 bits per heavy atom. The van der Waals surface area contributed by atoms with Crippen LogP contribution in [-0.2, 0) is 19.3 Å². The van der Waals surface area contributed by atoms with Crippen LogP contribution in [0, 0.1) is 40.9 Å². The highest BCUT2D eigenvalue weighted by molar-refractivity contribution is 5.84. The van der Waals surface area contributed by atoms with E-state index in [1.54, 1.807) is 0 Å². The Balaban J connectivity index is 1.46. The zero-order chi connectivity index (χ0) is 25.7. The molecule has 0 nitrogen and oxygen atoms in total. The summed E-state index contributed by atoms with van der Waals surface area (Å²) in [6.45, 7) is 2.18. The van der Waals surface area contributed by atoms with Gasteiger partial charge in [-0.05, 0) is 78.1 Å². The third-order valence-corrected chi connectivity index (χ3v) is 6.20. The summed E-state index contributed by atoms with van der Waals surface area (Å²) in [6.07, 6.45) is 5.76. The van der Waals surface area contributed by atoms with E-state index in [1.807, 2.05) is 0 Å². The van der Waals surface area contributed by atoms with Crippen LogP contribution in [0.4, 0.5) is 22.0 Å². The fourth-order valence-corrected chi connectivity index (χ4v) is 4.15. The molecule has 0 bridgehead atoms. The van der Waals surface area contributed by atoms with Crippen molar-refractivity contribution in [2.45, 2.75) is 45.4 Å². The van der Waals surface area contributed by atoms with Crippen LogP contribution < -0.4 is 0 Å². The first-order chi connectivity index (χ1) is 17.4. The first-order valence-corrected chi connectivity index (χ1v) is 12.0. The van der Waals surface area contributed by atoms with Gasteiger partial charge < -0.3 is 0 Å². The van der Waals surface area contributed by atoms with Gasteiger partial charge in [0, 0.05) is 10.9 Å². The van der Waals surface area contributed by atoms with Gasteiger partial charge in [-0.1, -0.05) is 61.9 Å². The molecule has 0 aliphatic carbocycles. The number of fused-ring (bicyclic) bond motifs is 1. The molecule has 184 valence electrons. The van der Waals surface area contributed by atoms with Crippen molar-refractivity contribution in [3.8, 4) is 11.8 Å². The minimum absolute atomic E-state index is 0.100. The van der Waals surface area contributed by atoms with Crippen molar-refractivity contribution in [1.82, 2.24) is 0 Å². The van der Waals surface area contributed by atoms with Gasteiger partial charge in [0.05, 0.1) is 5.56 Å². The van der Waals surface area contributed by atoms with E-state index in [2.05, 4.69) is 43.0 Å². The average molecular weight is 493 g/mol. The summed E-state index contributed by atoms with van der Waals surface area (Å²) in [4.78, 5) is 0. The topological polar surface area (TPSA) is 0 Å². The molecule has 0 heterocycles. The molecule has 0 amide bonds. The molecule has 0 atom stereocenters. The lowest BCUT2D eigenvalue weighted by atomic mass is 10.00. The third-order valence-electron chi connectivity index (χ3n) is 6.20. The lowest BCUT2D eigenvalue weighted by Gasteiger charge is -2.07. The van der Waals surface area contributed by atoms with Crippen molar-refractivity contribution < 1.29 is 22.0 Å². The second-order valence-electron chi connectivity index (χ2n) is 8.88. The van der Waals surface area contributed by atoms with E-state index in [4.69, 9.17) is 0 Å². The molecular weight excluding hydrogens is 467 g/mol. The molecule has 0 saturated heterocycles. The van der Waals surface area contributed by atoms with Crippen molar-refractivity contribution in [2.24, 2.45) is 0 Å². The molecule has 0 spiro atoms. The number of rotatable bonds is 7. The molecule has 0 saturated carbocycles. The highest BCUT2D eigenvalue weighted by atomic mass is 19.2. The molecule has 4 aromatic carbocycles. The van der Waals surface area contributed by atoms with Crippen LogP contribution >= 0.6 is 0 Å². The summed E-state index contributed by atoms with van der Waals surface area (Å²) in [5.74, 6) is -0.620. The molecular formula is C31H25F5. The lowest BCUT2D eigenvalue weighted by Crippen LogP contribution is -1.98. The van der Waals surface area contributed by atoms with Gasteiger partial charge in [0.1, 0.15) is 11.6 Å². The minimum atomic E-state index is -1.55. The molecule has 0 aromatic heterocycles. The minimum Gasteiger partial charge on any atom is -0.206 e. The molecule has 4 rings (SSSR count). The maximum Gasteiger partial charge on any atom is 0.195 e. The van der Waals surface area contributed by atoms with Crippen molar-refractivity contribution >= 4 is 10.8 Å². The van der Waals surface area contributed by atoms with E-state index >= 15 is 0 Å². The van der Waals surface area contributed by atoms with Gasteiger partial charge in [-0.3, -0.25) is 0 Å². The molecule has 0 fully saturated rings. The van der Waals surface area contributed by atoms with E-state index in [1.165, 1.54) is 55.2 Å². The van der Waals surface area contributed by atoms with Crippen molar-refractivity contribution in [3.63, 3.8) is 0 Å². The van der Waals surface area contributed by atoms with Gasteiger partial charge in [0.15, 0.2) is 17.5 Å². The normalized spacial score (nSPS) is 10.9. The van der Waals surface area contributed by atoms with E-state index in [0.29, 0.717) is 18.4 Å². The summed E-state index contributed by atoms with van der Waals surface area (Å²) in [6, 6.07) is 15.7. The van der Waals surface area contributed by atoms with Gasteiger partial charge in [-0.15, -0.1) is 0 Å². The second kappa shape index (κ2) is 11.4. The molecule has 0 aliphatic rings. The van der Waals surface area contributed by atoms with Crippen LogP contribution in [0.15, 0.2) is 60.7 Å². The fraction of sp³-hybridized carbons (Fsp3) is 0.226. The number of halogens is 5. The largest absolute Gasteiger partial charge is 0.206 e. The summed E-state index contributed by atoms with van der Waals surface area (Å²) in [7, 11) is 0. The number of benzene rings is 4. The highest BCUT2D eigenvalue weighted by Crippen LogP contribution is 2.24. The Morgan fingerprint density at radius 3 is 1.89 bits per heavy atom. The molecule has 0 N–H and O–H groups in total. The van der Waals surface area contributed by atoms with Gasteiger partial charge in [0.2, 0.25) is 0 Å². The zero-order valence-electron chi connectivity index (χ0n) is 19.9. The monoisotopic (exact) mass is 492 g/mol. The molecule has 0 radical (unpaired) electrons. The number of unbranched alkanes of at least 4 members (excludes halogenated alkanes) is 2. The Morgan fingerprint density at radius 1 is 0.583 bits per heavy atom. The Hall–Kier alpha value is -3.65. The van der Waals surface area contributed by atoms with Crippen molar-refractivity contribution in [3.05, 3.63) is 118 Å². The summed E-state index contributed by atoms with van der Waals surface area (Å²) < 4.78 is 70.1. The standard InChI is InChI=1S/C31H25F5/c1-2-3-4-5-20-6-8-21(9-7-20)10-11-23-17-27(32)26(28(33)18-23)15-13-22-12-14-25-24(16-22)19-29(34)31(36)30(25)35/h6-9,12,14,16-19H,2-5,10-11H2,1H3. The quantitative estimate of drug-likeness (QED) is 0.105. The Bertz CT molecular complexity index is 1420. The average Bonchev–Trinajstić information content (AvgIpc) is 2.86. The Labute approximate surface area is 207 Å². The fourth-order valence-electron chi connectivity index (χ4n) is 4.15. The summed E-state index contributed by atoms with van der Waals surface area (Å²) in [5, 5.41) is -0.00391. The van der Waals surface area contributed by atoms with Crippen LogP contribution in [0.1, 0.15) is 54.0 Å². The number of hydrogen-bond donors (Lipinski definition) is 0. The van der Waals surface area contributed by atoms with E-state index in [9.17, 15) is 22.0 Å². The third kappa shape index (κ3) is 5.94. The van der Waals surface area contributed by atoms with Gasteiger partial charge >= 0.3 is 0 Å². The zero-order valence-corrected chi connectivity index (χ0v) is 19.9. The predicted octanol–water partition coefficient (Wildman–Crippen LogP) is 8.45. The Kier molecular flexibility index (Phi) is 8.05. The smallest absolute Gasteiger partial charge is 0.195 e. The summed E-state index contributed by atoms with van der Waals surface area (Å²) in [5.41, 5.74) is 2.82. The maximum absolute atomic E-state index is 14.7. The summed E-state index contributed by atoms with van der Waals surface area (Å²) >= 11 is 0. The van der Waals surface area contributed by atoms with E-state index < -0.39 is 29.1 Å². The number of aryl methyl sites for hydroxylation is 3. The van der Waals surface area contributed by atoms with Crippen molar-refractivity contribution in [1.29, 1.82) is 0 Å². The molecule has 0 unspecified atom stereocenters.